The van der Waals surface area contributed by atoms with E-state index in [4.69, 9.17) is 0 Å². The maximum absolute atomic E-state index is 11.7. The Labute approximate surface area is 82.2 Å². The standard InChI is InChI=1S/C9H9NO3S/c1-7-8-4-2-3-5-9(8)14(12,13)10(7)6-11/h2-7H,1H3. The molecule has 1 aromatic rings. The summed E-state index contributed by atoms with van der Waals surface area (Å²) < 4.78 is 24.3. The van der Waals surface area contributed by atoms with E-state index in [0.717, 1.165) is 4.31 Å². The number of hydrogen-bond acceptors (Lipinski definition) is 3. The molecule has 14 heavy (non-hydrogen) atoms. The van der Waals surface area contributed by atoms with Gasteiger partial charge in [0.1, 0.15) is 0 Å². The molecule has 0 radical (unpaired) electrons. The summed E-state index contributed by atoms with van der Waals surface area (Å²) in [5.74, 6) is 0. The molecule has 4 nitrogen and oxygen atoms in total. The average molecular weight is 211 g/mol. The first-order valence-electron chi connectivity index (χ1n) is 4.17. The zero-order valence-corrected chi connectivity index (χ0v) is 8.36. The predicted molar refractivity (Wildman–Crippen MR) is 49.9 cm³/mol. The van der Waals surface area contributed by atoms with Gasteiger partial charge in [-0.05, 0) is 18.6 Å². The van der Waals surface area contributed by atoms with Gasteiger partial charge in [0.25, 0.3) is 10.0 Å². The van der Waals surface area contributed by atoms with Crippen LogP contribution in [-0.4, -0.2) is 19.1 Å². The highest BCUT2D eigenvalue weighted by Crippen LogP contribution is 2.37. The number of benzene rings is 1. The fraction of sp³-hybridized carbons (Fsp3) is 0.222. The molecule has 0 aliphatic carbocycles. The predicted octanol–water partition coefficient (Wildman–Crippen LogP) is 0.908. The summed E-state index contributed by atoms with van der Waals surface area (Å²) in [4.78, 5) is 10.9. The Hall–Kier alpha value is -1.36. The summed E-state index contributed by atoms with van der Waals surface area (Å²) in [7, 11) is -3.58. The summed E-state index contributed by atoms with van der Waals surface area (Å²) in [6, 6.07) is 6.26. The van der Waals surface area contributed by atoms with Crippen LogP contribution < -0.4 is 0 Å². The number of carbonyl (C=O) groups is 1. The van der Waals surface area contributed by atoms with Gasteiger partial charge in [-0.3, -0.25) is 4.79 Å². The number of carbonyl (C=O) groups excluding carboxylic acids is 1. The van der Waals surface area contributed by atoms with Crippen molar-refractivity contribution >= 4 is 16.4 Å². The van der Waals surface area contributed by atoms with Crippen molar-refractivity contribution in [3.63, 3.8) is 0 Å². The minimum absolute atomic E-state index is 0.236. The second kappa shape index (κ2) is 2.81. The van der Waals surface area contributed by atoms with Gasteiger partial charge in [0.2, 0.25) is 6.41 Å². The van der Waals surface area contributed by atoms with Crippen LogP contribution >= 0.6 is 0 Å². The molecule has 1 atom stereocenters. The minimum Gasteiger partial charge on any atom is -0.278 e. The Morgan fingerprint density at radius 1 is 1.36 bits per heavy atom. The van der Waals surface area contributed by atoms with Gasteiger partial charge in [0, 0.05) is 0 Å². The molecule has 0 aromatic heterocycles. The molecule has 5 heteroatoms. The highest BCUT2D eigenvalue weighted by Gasteiger charge is 2.38. The van der Waals surface area contributed by atoms with Crippen LogP contribution in [0.1, 0.15) is 18.5 Å². The summed E-state index contributed by atoms with van der Waals surface area (Å²) in [6.45, 7) is 1.69. The molecule has 2 rings (SSSR count). The molecule has 0 fully saturated rings. The monoisotopic (exact) mass is 211 g/mol. The normalized spacial score (nSPS) is 23.2. The zero-order valence-electron chi connectivity index (χ0n) is 7.54. The third-order valence-electron chi connectivity index (χ3n) is 2.41. The van der Waals surface area contributed by atoms with E-state index in [2.05, 4.69) is 0 Å². The van der Waals surface area contributed by atoms with Crippen molar-refractivity contribution in [3.05, 3.63) is 29.8 Å². The van der Waals surface area contributed by atoms with Gasteiger partial charge in [-0.1, -0.05) is 18.2 Å². The van der Waals surface area contributed by atoms with E-state index >= 15 is 0 Å². The Bertz CT molecular complexity index is 481. The first-order valence-corrected chi connectivity index (χ1v) is 5.61. The molecule has 0 spiro atoms. The van der Waals surface area contributed by atoms with Crippen molar-refractivity contribution in [2.24, 2.45) is 0 Å². The largest absolute Gasteiger partial charge is 0.278 e. The van der Waals surface area contributed by atoms with Crippen LogP contribution in [0.25, 0.3) is 0 Å². The van der Waals surface area contributed by atoms with Crippen LogP contribution in [0.2, 0.25) is 0 Å². The first kappa shape index (κ1) is 9.21. The van der Waals surface area contributed by atoms with Crippen LogP contribution in [0.15, 0.2) is 29.2 Å². The van der Waals surface area contributed by atoms with Crippen molar-refractivity contribution in [3.8, 4) is 0 Å². The molecule has 1 unspecified atom stereocenters. The molecule has 1 heterocycles. The van der Waals surface area contributed by atoms with E-state index in [1.165, 1.54) is 6.07 Å². The lowest BCUT2D eigenvalue weighted by atomic mass is 10.1. The van der Waals surface area contributed by atoms with Gasteiger partial charge >= 0.3 is 0 Å². The maximum atomic E-state index is 11.7. The number of sulfonamides is 1. The molecule has 74 valence electrons. The number of nitrogens with zero attached hydrogens (tertiary/aromatic N) is 1. The second-order valence-electron chi connectivity index (χ2n) is 3.15. The molecule has 1 aromatic carbocycles. The molecule has 0 N–H and O–H groups in total. The van der Waals surface area contributed by atoms with E-state index in [1.54, 1.807) is 25.1 Å². The molecule has 0 saturated heterocycles. The van der Waals surface area contributed by atoms with Gasteiger partial charge in [-0.2, -0.15) is 0 Å². The number of amides is 1. The smallest absolute Gasteiger partial charge is 0.267 e. The molecule has 0 bridgehead atoms. The molecular weight excluding hydrogens is 202 g/mol. The Balaban J connectivity index is 2.73. The van der Waals surface area contributed by atoms with Crippen LogP contribution in [0.5, 0.6) is 0 Å². The Kier molecular flexibility index (Phi) is 1.85. The topological polar surface area (TPSA) is 54.5 Å². The van der Waals surface area contributed by atoms with Crippen molar-refractivity contribution in [1.82, 2.24) is 4.31 Å². The zero-order chi connectivity index (χ0) is 10.3. The lowest BCUT2D eigenvalue weighted by molar-refractivity contribution is -0.115. The van der Waals surface area contributed by atoms with Crippen molar-refractivity contribution in [2.45, 2.75) is 17.9 Å². The van der Waals surface area contributed by atoms with Gasteiger partial charge < -0.3 is 0 Å². The van der Waals surface area contributed by atoms with E-state index in [9.17, 15) is 13.2 Å². The summed E-state index contributed by atoms with van der Waals surface area (Å²) in [5, 5.41) is 0. The molecule has 1 aliphatic heterocycles. The lowest BCUT2D eigenvalue weighted by Gasteiger charge is -2.13. The molecule has 0 saturated carbocycles. The first-order chi connectivity index (χ1) is 6.59. The van der Waals surface area contributed by atoms with Gasteiger partial charge in [0.05, 0.1) is 10.9 Å². The van der Waals surface area contributed by atoms with Crippen molar-refractivity contribution in [2.75, 3.05) is 0 Å². The van der Waals surface area contributed by atoms with Crippen LogP contribution in [-0.2, 0) is 14.8 Å². The van der Waals surface area contributed by atoms with E-state index in [1.807, 2.05) is 0 Å². The van der Waals surface area contributed by atoms with E-state index in [-0.39, 0.29) is 4.90 Å². The number of hydrogen-bond donors (Lipinski definition) is 0. The number of fused-ring (bicyclic) bond motifs is 1. The van der Waals surface area contributed by atoms with Crippen LogP contribution in [0.3, 0.4) is 0 Å². The SMILES string of the molecule is CC1c2ccccc2S(=O)(=O)N1C=O. The summed E-state index contributed by atoms with van der Waals surface area (Å²) in [6.07, 6.45) is 0.361. The fourth-order valence-electron chi connectivity index (χ4n) is 1.67. The Morgan fingerprint density at radius 2 is 2.00 bits per heavy atom. The summed E-state index contributed by atoms with van der Waals surface area (Å²) >= 11 is 0. The highest BCUT2D eigenvalue weighted by molar-refractivity contribution is 7.90. The number of rotatable bonds is 1. The maximum Gasteiger partial charge on any atom is 0.267 e. The van der Waals surface area contributed by atoms with E-state index < -0.39 is 16.1 Å². The van der Waals surface area contributed by atoms with E-state index in [0.29, 0.717) is 12.0 Å². The molecule has 1 aliphatic rings. The summed E-state index contributed by atoms with van der Waals surface area (Å²) in [5.41, 5.74) is 0.680. The third-order valence-corrected chi connectivity index (χ3v) is 4.30. The Morgan fingerprint density at radius 3 is 2.57 bits per heavy atom. The quantitative estimate of drug-likeness (QED) is 0.649. The average Bonchev–Trinajstić information content (AvgIpc) is 2.36. The second-order valence-corrected chi connectivity index (χ2v) is 4.97. The highest BCUT2D eigenvalue weighted by atomic mass is 32.2. The van der Waals surface area contributed by atoms with Crippen molar-refractivity contribution < 1.29 is 13.2 Å². The lowest BCUT2D eigenvalue weighted by Crippen LogP contribution is -2.25. The van der Waals surface area contributed by atoms with Gasteiger partial charge in [-0.15, -0.1) is 0 Å². The van der Waals surface area contributed by atoms with Crippen molar-refractivity contribution in [1.29, 1.82) is 0 Å². The minimum atomic E-state index is -3.58. The van der Waals surface area contributed by atoms with Crippen LogP contribution in [0, 0.1) is 0 Å². The molecule has 1 amide bonds. The molecular formula is C9H9NO3S. The van der Waals surface area contributed by atoms with Crippen LogP contribution in [0.4, 0.5) is 0 Å². The van der Waals surface area contributed by atoms with Gasteiger partial charge in [0.15, 0.2) is 0 Å². The van der Waals surface area contributed by atoms with Gasteiger partial charge in [-0.25, -0.2) is 12.7 Å². The third kappa shape index (κ3) is 0.988. The fourth-order valence-corrected chi connectivity index (χ4v) is 3.32.